The highest BCUT2D eigenvalue weighted by Gasteiger charge is 2.31. The van der Waals surface area contributed by atoms with Crippen LogP contribution in [0.2, 0.25) is 5.02 Å². The summed E-state index contributed by atoms with van der Waals surface area (Å²) in [4.78, 5) is 11.8. The molecule has 0 saturated heterocycles. The Bertz CT molecular complexity index is 841. The molecule has 28 heavy (non-hydrogen) atoms. The number of alkyl carbamates (subject to hydrolysis) is 1. The summed E-state index contributed by atoms with van der Waals surface area (Å²) in [6.07, 6.45) is -0.528. The van der Waals surface area contributed by atoms with Crippen LogP contribution in [0.1, 0.15) is 54.2 Å². The van der Waals surface area contributed by atoms with Gasteiger partial charge in [-0.2, -0.15) is 0 Å². The Morgan fingerprint density at radius 1 is 1.25 bits per heavy atom. The number of hydrogen-bond donors (Lipinski definition) is 2. The number of hydrogen-bond acceptors (Lipinski definition) is 5. The van der Waals surface area contributed by atoms with Gasteiger partial charge in [0.1, 0.15) is 11.4 Å². The number of ether oxygens (including phenoxy) is 1. The first-order chi connectivity index (χ1) is 12.8. The van der Waals surface area contributed by atoms with Gasteiger partial charge in [-0.15, -0.1) is 0 Å². The lowest BCUT2D eigenvalue weighted by Gasteiger charge is -2.31. The topological polar surface area (TPSA) is 80.9 Å². The third kappa shape index (κ3) is 5.90. The standard InChI is InChI=1S/C20H29BClNO5/c1-12(2)20(6,7)28-21(25)14-8-13-9-15(26-17(13)16(22)10-14)11-23-18(24)27-19(3,4)5/h8-10,12,25H,11H2,1-7H3,(H,23,24). The van der Waals surface area contributed by atoms with E-state index in [1.54, 1.807) is 39.0 Å². The molecule has 0 spiro atoms. The van der Waals surface area contributed by atoms with Crippen LogP contribution in [0.5, 0.6) is 0 Å². The third-order valence-electron chi connectivity index (χ3n) is 4.54. The van der Waals surface area contributed by atoms with Crippen molar-refractivity contribution in [3.63, 3.8) is 0 Å². The zero-order valence-corrected chi connectivity index (χ0v) is 18.3. The first kappa shape index (κ1) is 22.6. The van der Waals surface area contributed by atoms with Crippen molar-refractivity contribution in [3.8, 4) is 0 Å². The molecule has 154 valence electrons. The van der Waals surface area contributed by atoms with Crippen LogP contribution in [0.4, 0.5) is 4.79 Å². The van der Waals surface area contributed by atoms with E-state index in [4.69, 9.17) is 25.4 Å². The molecular weight excluding hydrogens is 380 g/mol. The minimum Gasteiger partial charge on any atom is -0.458 e. The van der Waals surface area contributed by atoms with E-state index in [0.717, 1.165) is 0 Å². The smallest absolute Gasteiger partial charge is 0.458 e. The normalized spacial score (nSPS) is 12.5. The molecule has 0 aliphatic rings. The Labute approximate surface area is 171 Å². The van der Waals surface area contributed by atoms with Gasteiger partial charge < -0.3 is 24.1 Å². The Kier molecular flexibility index (Phi) is 6.74. The first-order valence-electron chi connectivity index (χ1n) is 9.33. The summed E-state index contributed by atoms with van der Waals surface area (Å²) in [5, 5.41) is 14.2. The summed E-state index contributed by atoms with van der Waals surface area (Å²) in [5.41, 5.74) is -0.0454. The molecule has 0 radical (unpaired) electrons. The van der Waals surface area contributed by atoms with Gasteiger partial charge in [-0.1, -0.05) is 31.5 Å². The second-order valence-corrected chi connectivity index (χ2v) is 9.12. The number of carbonyl (C=O) groups excluding carboxylic acids is 1. The van der Waals surface area contributed by atoms with E-state index in [9.17, 15) is 9.82 Å². The molecule has 1 aromatic carbocycles. The number of amides is 1. The average Bonchev–Trinajstić information content (AvgIpc) is 2.94. The van der Waals surface area contributed by atoms with E-state index in [2.05, 4.69) is 5.32 Å². The van der Waals surface area contributed by atoms with Gasteiger partial charge in [0.25, 0.3) is 0 Å². The molecule has 0 saturated carbocycles. The molecule has 1 aromatic heterocycles. The SMILES string of the molecule is CC(C)C(C)(C)OB(O)c1cc(Cl)c2oc(CNC(=O)OC(C)(C)C)cc2c1. The van der Waals surface area contributed by atoms with Gasteiger partial charge in [0.05, 0.1) is 17.2 Å². The maximum absolute atomic E-state index is 11.8. The molecule has 0 unspecified atom stereocenters. The van der Waals surface area contributed by atoms with Crippen molar-refractivity contribution in [2.75, 3.05) is 0 Å². The van der Waals surface area contributed by atoms with Crippen LogP contribution in [0.15, 0.2) is 22.6 Å². The van der Waals surface area contributed by atoms with Crippen molar-refractivity contribution in [1.29, 1.82) is 0 Å². The minimum absolute atomic E-state index is 0.161. The van der Waals surface area contributed by atoms with Crippen molar-refractivity contribution in [3.05, 3.63) is 29.0 Å². The monoisotopic (exact) mass is 409 g/mol. The van der Waals surface area contributed by atoms with Gasteiger partial charge >= 0.3 is 13.2 Å². The van der Waals surface area contributed by atoms with Gasteiger partial charge in [-0.05, 0) is 58.1 Å². The van der Waals surface area contributed by atoms with Crippen LogP contribution in [-0.2, 0) is 15.9 Å². The van der Waals surface area contributed by atoms with Crippen LogP contribution in [-0.4, -0.2) is 29.4 Å². The van der Waals surface area contributed by atoms with Gasteiger partial charge in [-0.3, -0.25) is 0 Å². The van der Waals surface area contributed by atoms with Gasteiger partial charge in [0, 0.05) is 5.39 Å². The van der Waals surface area contributed by atoms with Crippen molar-refractivity contribution in [2.45, 2.75) is 66.2 Å². The van der Waals surface area contributed by atoms with Crippen molar-refractivity contribution in [1.82, 2.24) is 5.32 Å². The molecule has 8 heteroatoms. The second-order valence-electron chi connectivity index (χ2n) is 8.72. The summed E-state index contributed by atoms with van der Waals surface area (Å²) < 4.78 is 16.7. The third-order valence-corrected chi connectivity index (χ3v) is 4.82. The highest BCUT2D eigenvalue weighted by molar-refractivity contribution is 6.61. The van der Waals surface area contributed by atoms with Crippen molar-refractivity contribution >= 4 is 41.2 Å². The van der Waals surface area contributed by atoms with Crippen LogP contribution in [0, 0.1) is 5.92 Å². The Morgan fingerprint density at radius 2 is 1.89 bits per heavy atom. The fourth-order valence-corrected chi connectivity index (χ4v) is 2.65. The molecule has 0 atom stereocenters. The summed E-state index contributed by atoms with van der Waals surface area (Å²) in [6, 6.07) is 5.16. The molecule has 0 fully saturated rings. The first-order valence-corrected chi connectivity index (χ1v) is 9.71. The largest absolute Gasteiger partial charge is 0.491 e. The molecule has 1 heterocycles. The van der Waals surface area contributed by atoms with Crippen LogP contribution in [0.3, 0.4) is 0 Å². The van der Waals surface area contributed by atoms with E-state index in [1.807, 2.05) is 27.7 Å². The Morgan fingerprint density at radius 3 is 2.46 bits per heavy atom. The molecule has 0 aliphatic carbocycles. The summed E-state index contributed by atoms with van der Waals surface area (Å²) in [5.74, 6) is 0.749. The molecule has 2 rings (SSSR count). The lowest BCUT2D eigenvalue weighted by atomic mass is 9.77. The van der Waals surface area contributed by atoms with Crippen LogP contribution < -0.4 is 10.8 Å². The van der Waals surface area contributed by atoms with Crippen molar-refractivity contribution in [2.24, 2.45) is 5.92 Å². The fourth-order valence-electron chi connectivity index (χ4n) is 2.38. The summed E-state index contributed by atoms with van der Waals surface area (Å²) in [6.45, 7) is 13.5. The van der Waals surface area contributed by atoms with E-state index in [-0.39, 0.29) is 12.5 Å². The van der Waals surface area contributed by atoms with Gasteiger partial charge in [0.2, 0.25) is 0 Å². The molecule has 0 bridgehead atoms. The summed E-state index contributed by atoms with van der Waals surface area (Å²) in [7, 11) is -1.11. The predicted molar refractivity (Wildman–Crippen MR) is 112 cm³/mol. The zero-order valence-electron chi connectivity index (χ0n) is 17.6. The number of furan rings is 1. The van der Waals surface area contributed by atoms with E-state index < -0.39 is 24.4 Å². The fraction of sp³-hybridized carbons (Fsp3) is 0.550. The molecule has 2 aromatic rings. The Balaban J connectivity index is 2.16. The average molecular weight is 410 g/mol. The molecule has 1 amide bonds. The van der Waals surface area contributed by atoms with Gasteiger partial charge in [-0.25, -0.2) is 4.79 Å². The number of fused-ring (bicyclic) bond motifs is 1. The minimum atomic E-state index is -1.11. The predicted octanol–water partition coefficient (Wildman–Crippen LogP) is 4.25. The number of carbonyl (C=O) groups is 1. The van der Waals surface area contributed by atoms with E-state index in [0.29, 0.717) is 27.2 Å². The van der Waals surface area contributed by atoms with Crippen LogP contribution >= 0.6 is 11.6 Å². The lowest BCUT2D eigenvalue weighted by molar-refractivity contribution is 0.0423. The number of halogens is 1. The van der Waals surface area contributed by atoms with Crippen molar-refractivity contribution < 1.29 is 23.6 Å². The molecule has 6 nitrogen and oxygen atoms in total. The molecule has 0 aliphatic heterocycles. The van der Waals surface area contributed by atoms with E-state index >= 15 is 0 Å². The summed E-state index contributed by atoms with van der Waals surface area (Å²) >= 11 is 6.33. The molecule has 2 N–H and O–H groups in total. The zero-order chi connectivity index (χ0) is 21.3. The maximum Gasteiger partial charge on any atom is 0.491 e. The Hall–Kier alpha value is -1.70. The molecular formula is C20H29BClNO5. The quantitative estimate of drug-likeness (QED) is 0.697. The van der Waals surface area contributed by atoms with E-state index in [1.165, 1.54) is 0 Å². The van der Waals surface area contributed by atoms with Gasteiger partial charge in [0.15, 0.2) is 5.58 Å². The number of rotatable bonds is 6. The number of benzene rings is 1. The second kappa shape index (κ2) is 8.35. The van der Waals surface area contributed by atoms with Crippen LogP contribution in [0.25, 0.3) is 11.0 Å². The number of nitrogens with one attached hydrogen (secondary N) is 1. The maximum atomic E-state index is 11.8. The highest BCUT2D eigenvalue weighted by atomic mass is 35.5. The lowest BCUT2D eigenvalue weighted by Crippen LogP contribution is -2.44. The highest BCUT2D eigenvalue weighted by Crippen LogP contribution is 2.27.